The van der Waals surface area contributed by atoms with Crippen molar-refractivity contribution in [3.63, 3.8) is 0 Å². The first kappa shape index (κ1) is 19.4. The maximum atomic E-state index is 12.8. The lowest BCUT2D eigenvalue weighted by molar-refractivity contribution is -0.129. The Balaban J connectivity index is 1.82. The van der Waals surface area contributed by atoms with Crippen molar-refractivity contribution >= 4 is 23.4 Å². The van der Waals surface area contributed by atoms with Crippen LogP contribution in [0.15, 0.2) is 23.4 Å². The molecule has 3 rings (SSSR count). The van der Waals surface area contributed by atoms with Crippen molar-refractivity contribution < 1.29 is 4.79 Å². The van der Waals surface area contributed by atoms with Crippen LogP contribution >= 0.6 is 11.8 Å². The highest BCUT2D eigenvalue weighted by molar-refractivity contribution is 7.98. The van der Waals surface area contributed by atoms with Gasteiger partial charge in [0.15, 0.2) is 0 Å². The standard InChI is InChI=1S/C20H25N5OS/c1-12-7-8-16(13(2)9-12)11-24(5)18(26)10-17-14(3)21-19-22-20(27-6)23-25(19)15(17)4/h7-9H,10-11H2,1-6H3. The molecule has 3 aromatic rings. The van der Waals surface area contributed by atoms with Crippen molar-refractivity contribution in [3.05, 3.63) is 51.8 Å². The molecule has 142 valence electrons. The molecule has 0 fully saturated rings. The van der Waals surface area contributed by atoms with Gasteiger partial charge in [-0.3, -0.25) is 4.79 Å². The quantitative estimate of drug-likeness (QED) is 0.633. The number of hydrogen-bond donors (Lipinski definition) is 0. The van der Waals surface area contributed by atoms with Crippen LogP contribution in [-0.4, -0.2) is 43.7 Å². The summed E-state index contributed by atoms with van der Waals surface area (Å²) < 4.78 is 1.73. The van der Waals surface area contributed by atoms with Gasteiger partial charge in [0.05, 0.1) is 6.42 Å². The van der Waals surface area contributed by atoms with Crippen molar-refractivity contribution in [2.24, 2.45) is 0 Å². The molecule has 1 aromatic carbocycles. The van der Waals surface area contributed by atoms with Gasteiger partial charge in [-0.15, -0.1) is 5.10 Å². The molecule has 6 nitrogen and oxygen atoms in total. The van der Waals surface area contributed by atoms with Crippen LogP contribution < -0.4 is 0 Å². The Morgan fingerprint density at radius 2 is 1.93 bits per heavy atom. The summed E-state index contributed by atoms with van der Waals surface area (Å²) >= 11 is 1.48. The lowest BCUT2D eigenvalue weighted by Crippen LogP contribution is -2.29. The van der Waals surface area contributed by atoms with Gasteiger partial charge in [0.25, 0.3) is 5.78 Å². The molecule has 0 spiro atoms. The van der Waals surface area contributed by atoms with Crippen molar-refractivity contribution in [2.45, 2.75) is 45.8 Å². The third-order valence-electron chi connectivity index (χ3n) is 4.87. The maximum absolute atomic E-state index is 12.8. The fourth-order valence-corrected chi connectivity index (χ4v) is 3.52. The average Bonchev–Trinajstić information content (AvgIpc) is 3.04. The largest absolute Gasteiger partial charge is 0.341 e. The molecular weight excluding hydrogens is 358 g/mol. The number of amides is 1. The van der Waals surface area contributed by atoms with Crippen LogP contribution in [0.5, 0.6) is 0 Å². The minimum atomic E-state index is 0.0625. The first-order valence-electron chi connectivity index (χ1n) is 8.87. The van der Waals surface area contributed by atoms with Gasteiger partial charge in [0.1, 0.15) is 0 Å². The second-order valence-electron chi connectivity index (χ2n) is 6.93. The van der Waals surface area contributed by atoms with Crippen LogP contribution in [0.25, 0.3) is 5.78 Å². The number of hydrogen-bond acceptors (Lipinski definition) is 5. The summed E-state index contributed by atoms with van der Waals surface area (Å²) in [5, 5.41) is 5.13. The molecule has 0 atom stereocenters. The van der Waals surface area contributed by atoms with Crippen molar-refractivity contribution in [2.75, 3.05) is 13.3 Å². The summed E-state index contributed by atoms with van der Waals surface area (Å²) in [6.45, 7) is 8.65. The lowest BCUT2D eigenvalue weighted by atomic mass is 10.0. The highest BCUT2D eigenvalue weighted by atomic mass is 32.2. The van der Waals surface area contributed by atoms with E-state index in [4.69, 9.17) is 0 Å². The SMILES string of the molecule is CSc1nc2nc(C)c(CC(=O)N(C)Cc3ccc(C)cc3C)c(C)n2n1. The minimum absolute atomic E-state index is 0.0625. The van der Waals surface area contributed by atoms with E-state index in [1.165, 1.54) is 28.5 Å². The first-order chi connectivity index (χ1) is 12.8. The van der Waals surface area contributed by atoms with Gasteiger partial charge < -0.3 is 4.90 Å². The summed E-state index contributed by atoms with van der Waals surface area (Å²) in [6.07, 6.45) is 2.24. The summed E-state index contributed by atoms with van der Waals surface area (Å²) in [5.74, 6) is 0.640. The number of carbonyl (C=O) groups is 1. The Bertz CT molecular complexity index is 1010. The van der Waals surface area contributed by atoms with E-state index in [0.717, 1.165) is 17.0 Å². The van der Waals surface area contributed by atoms with Crippen molar-refractivity contribution in [1.82, 2.24) is 24.5 Å². The van der Waals surface area contributed by atoms with E-state index in [-0.39, 0.29) is 5.91 Å². The molecule has 0 saturated carbocycles. The Labute approximate surface area is 164 Å². The zero-order valence-electron chi connectivity index (χ0n) is 16.7. The number of aryl methyl sites for hydroxylation is 4. The number of fused-ring (bicyclic) bond motifs is 1. The Kier molecular flexibility index (Phi) is 5.51. The molecule has 2 aromatic heterocycles. The fraction of sp³-hybridized carbons (Fsp3) is 0.400. The van der Waals surface area contributed by atoms with E-state index in [9.17, 15) is 4.79 Å². The van der Waals surface area contributed by atoms with Crippen LogP contribution in [0.1, 0.15) is 33.6 Å². The second kappa shape index (κ2) is 7.68. The number of benzene rings is 1. The van der Waals surface area contributed by atoms with Gasteiger partial charge in [-0.25, -0.2) is 9.50 Å². The molecule has 0 N–H and O–H groups in total. The molecule has 0 aliphatic carbocycles. The molecule has 0 bridgehead atoms. The molecule has 2 heterocycles. The zero-order valence-corrected chi connectivity index (χ0v) is 17.5. The summed E-state index contributed by atoms with van der Waals surface area (Å²) in [7, 11) is 1.85. The third-order valence-corrected chi connectivity index (χ3v) is 5.41. The molecule has 7 heteroatoms. The van der Waals surface area contributed by atoms with Crippen molar-refractivity contribution in [3.8, 4) is 0 Å². The van der Waals surface area contributed by atoms with Gasteiger partial charge in [-0.1, -0.05) is 35.5 Å². The van der Waals surface area contributed by atoms with E-state index in [1.54, 1.807) is 9.42 Å². The summed E-state index contributed by atoms with van der Waals surface area (Å²) in [4.78, 5) is 23.5. The zero-order chi connectivity index (χ0) is 19.7. The smallest absolute Gasteiger partial charge is 0.253 e. The molecule has 0 aliphatic rings. The molecule has 0 aliphatic heterocycles. The van der Waals surface area contributed by atoms with Crippen LogP contribution in [0.4, 0.5) is 0 Å². The number of aromatic nitrogens is 4. The lowest BCUT2D eigenvalue weighted by Gasteiger charge is -2.20. The van der Waals surface area contributed by atoms with E-state index >= 15 is 0 Å². The number of nitrogens with zero attached hydrogens (tertiary/aromatic N) is 5. The highest BCUT2D eigenvalue weighted by Gasteiger charge is 2.18. The van der Waals surface area contributed by atoms with E-state index in [0.29, 0.717) is 23.9 Å². The Morgan fingerprint density at radius 3 is 2.59 bits per heavy atom. The molecule has 0 unspecified atom stereocenters. The van der Waals surface area contributed by atoms with Gasteiger partial charge in [-0.2, -0.15) is 4.98 Å². The van der Waals surface area contributed by atoms with Gasteiger partial charge in [0, 0.05) is 30.5 Å². The van der Waals surface area contributed by atoms with Crippen LogP contribution in [0.3, 0.4) is 0 Å². The molecule has 0 radical (unpaired) electrons. The van der Waals surface area contributed by atoms with E-state index in [1.807, 2.05) is 27.2 Å². The van der Waals surface area contributed by atoms with Gasteiger partial charge in [-0.05, 0) is 45.1 Å². The Morgan fingerprint density at radius 1 is 1.19 bits per heavy atom. The van der Waals surface area contributed by atoms with E-state index in [2.05, 4.69) is 47.1 Å². The first-order valence-corrected chi connectivity index (χ1v) is 10.1. The number of rotatable bonds is 5. The molecule has 0 saturated heterocycles. The molecular formula is C20H25N5OS. The fourth-order valence-electron chi connectivity index (χ4n) is 3.19. The van der Waals surface area contributed by atoms with Gasteiger partial charge in [0.2, 0.25) is 11.1 Å². The van der Waals surface area contributed by atoms with E-state index < -0.39 is 0 Å². The van der Waals surface area contributed by atoms with Crippen LogP contribution in [0.2, 0.25) is 0 Å². The van der Waals surface area contributed by atoms with Crippen LogP contribution in [0, 0.1) is 27.7 Å². The maximum Gasteiger partial charge on any atom is 0.253 e. The molecule has 1 amide bonds. The minimum Gasteiger partial charge on any atom is -0.341 e. The van der Waals surface area contributed by atoms with Crippen molar-refractivity contribution in [1.29, 1.82) is 0 Å². The average molecular weight is 384 g/mol. The monoisotopic (exact) mass is 383 g/mol. The van der Waals surface area contributed by atoms with Crippen LogP contribution in [-0.2, 0) is 17.8 Å². The number of likely N-dealkylation sites (N-methyl/N-ethyl adjacent to an activating group) is 1. The normalized spacial score (nSPS) is 11.2. The predicted molar refractivity (Wildman–Crippen MR) is 108 cm³/mol. The van der Waals surface area contributed by atoms with Gasteiger partial charge >= 0.3 is 0 Å². The predicted octanol–water partition coefficient (Wildman–Crippen LogP) is 3.28. The molecule has 27 heavy (non-hydrogen) atoms. The second-order valence-corrected chi connectivity index (χ2v) is 7.70. The Hall–Kier alpha value is -2.41. The number of carbonyl (C=O) groups excluding carboxylic acids is 1. The number of thioether (sulfide) groups is 1. The topological polar surface area (TPSA) is 63.4 Å². The third kappa shape index (κ3) is 3.98. The highest BCUT2D eigenvalue weighted by Crippen LogP contribution is 2.19. The summed E-state index contributed by atoms with van der Waals surface area (Å²) in [5.41, 5.74) is 6.26. The summed E-state index contributed by atoms with van der Waals surface area (Å²) in [6, 6.07) is 6.33.